The van der Waals surface area contributed by atoms with E-state index in [1.807, 2.05) is 6.92 Å². The number of hydrogen-bond acceptors (Lipinski definition) is 5. The molecule has 0 saturated heterocycles. The second kappa shape index (κ2) is 6.81. The van der Waals surface area contributed by atoms with E-state index < -0.39 is 5.97 Å². The predicted molar refractivity (Wildman–Crippen MR) is 109 cm³/mol. The number of carboxylic acids is 1. The molecule has 4 rings (SSSR count). The predicted octanol–water partition coefficient (Wildman–Crippen LogP) is 5.42. The van der Waals surface area contributed by atoms with Crippen molar-refractivity contribution in [1.82, 2.24) is 9.97 Å². The molecule has 0 unspecified atom stereocenters. The van der Waals surface area contributed by atoms with E-state index in [1.54, 1.807) is 35.6 Å². The Bertz CT molecular complexity index is 1130. The number of benzene rings is 2. The van der Waals surface area contributed by atoms with Crippen LogP contribution in [0.5, 0.6) is 0 Å². The monoisotopic (exact) mass is 375 g/mol. The van der Waals surface area contributed by atoms with Crippen molar-refractivity contribution in [3.05, 3.63) is 70.9 Å². The topological polar surface area (TPSA) is 75.1 Å². The quantitative estimate of drug-likeness (QED) is 0.498. The third-order valence-corrected chi connectivity index (χ3v) is 5.17. The molecular formula is C21H17N3O2S. The molecule has 0 amide bonds. The highest BCUT2D eigenvalue weighted by Gasteiger charge is 2.15. The molecule has 134 valence electrons. The summed E-state index contributed by atoms with van der Waals surface area (Å²) in [6, 6.07) is 15.0. The van der Waals surface area contributed by atoms with Gasteiger partial charge >= 0.3 is 5.97 Å². The van der Waals surface area contributed by atoms with Gasteiger partial charge in [0.15, 0.2) is 0 Å². The summed E-state index contributed by atoms with van der Waals surface area (Å²) >= 11 is 1.59. The van der Waals surface area contributed by atoms with Gasteiger partial charge in [-0.3, -0.25) is 0 Å². The fraction of sp³-hybridized carbons (Fsp3) is 0.0952. The largest absolute Gasteiger partial charge is 0.478 e. The summed E-state index contributed by atoms with van der Waals surface area (Å²) in [6.45, 7) is 3.93. The van der Waals surface area contributed by atoms with Gasteiger partial charge < -0.3 is 10.4 Å². The number of carboxylic acid groups (broad SMARTS) is 1. The van der Waals surface area contributed by atoms with Crippen LogP contribution in [0.3, 0.4) is 0 Å². The molecule has 5 nitrogen and oxygen atoms in total. The Morgan fingerprint density at radius 3 is 2.37 bits per heavy atom. The number of rotatable bonds is 4. The van der Waals surface area contributed by atoms with Crippen LogP contribution in [0.25, 0.3) is 21.3 Å². The lowest BCUT2D eigenvalue weighted by Gasteiger charge is -2.10. The highest BCUT2D eigenvalue weighted by molar-refractivity contribution is 7.17. The Morgan fingerprint density at radius 2 is 1.70 bits per heavy atom. The molecule has 0 atom stereocenters. The summed E-state index contributed by atoms with van der Waals surface area (Å²) in [5.41, 5.74) is 4.44. The molecule has 0 aliphatic rings. The van der Waals surface area contributed by atoms with Gasteiger partial charge in [0.25, 0.3) is 0 Å². The molecule has 2 aromatic heterocycles. The van der Waals surface area contributed by atoms with Crippen molar-refractivity contribution in [3.8, 4) is 11.1 Å². The van der Waals surface area contributed by atoms with Crippen molar-refractivity contribution < 1.29 is 9.90 Å². The minimum absolute atomic E-state index is 0.250. The lowest BCUT2D eigenvalue weighted by atomic mass is 10.0. The van der Waals surface area contributed by atoms with E-state index in [-0.39, 0.29) is 5.56 Å². The van der Waals surface area contributed by atoms with Crippen LogP contribution in [0, 0.1) is 13.8 Å². The van der Waals surface area contributed by atoms with Crippen LogP contribution in [0.15, 0.2) is 53.9 Å². The van der Waals surface area contributed by atoms with Crippen molar-refractivity contribution in [1.29, 1.82) is 0 Å². The van der Waals surface area contributed by atoms with E-state index in [0.29, 0.717) is 5.82 Å². The lowest BCUT2D eigenvalue weighted by Crippen LogP contribution is -2.00. The van der Waals surface area contributed by atoms with Gasteiger partial charge in [-0.1, -0.05) is 29.8 Å². The van der Waals surface area contributed by atoms with Crippen LogP contribution in [0.4, 0.5) is 11.5 Å². The first-order valence-corrected chi connectivity index (χ1v) is 9.32. The van der Waals surface area contributed by atoms with Crippen LogP contribution in [-0.2, 0) is 0 Å². The first-order valence-electron chi connectivity index (χ1n) is 8.44. The van der Waals surface area contributed by atoms with Gasteiger partial charge in [-0.15, -0.1) is 11.3 Å². The molecule has 2 heterocycles. The number of fused-ring (bicyclic) bond motifs is 1. The average molecular weight is 375 g/mol. The first kappa shape index (κ1) is 17.2. The van der Waals surface area contributed by atoms with Gasteiger partial charge in [-0.05, 0) is 43.7 Å². The van der Waals surface area contributed by atoms with E-state index in [4.69, 9.17) is 5.11 Å². The maximum Gasteiger partial charge on any atom is 0.335 e. The molecule has 0 aliphatic heterocycles. The van der Waals surface area contributed by atoms with Crippen LogP contribution < -0.4 is 5.32 Å². The summed E-state index contributed by atoms with van der Waals surface area (Å²) in [4.78, 5) is 21.1. The van der Waals surface area contributed by atoms with E-state index in [1.165, 1.54) is 5.56 Å². The maximum atomic E-state index is 11.0. The number of hydrogen-bond donors (Lipinski definition) is 2. The third kappa shape index (κ3) is 3.39. The molecule has 0 saturated carbocycles. The number of aromatic carboxylic acids is 1. The Labute approximate surface area is 160 Å². The summed E-state index contributed by atoms with van der Waals surface area (Å²) < 4.78 is 0. The Morgan fingerprint density at radius 1 is 1.00 bits per heavy atom. The Hall–Kier alpha value is -3.25. The second-order valence-electron chi connectivity index (χ2n) is 6.32. The minimum atomic E-state index is -0.943. The molecule has 2 aromatic carbocycles. The van der Waals surface area contributed by atoms with Crippen LogP contribution in [0.1, 0.15) is 21.7 Å². The number of aromatic nitrogens is 2. The molecule has 0 radical (unpaired) electrons. The van der Waals surface area contributed by atoms with Gasteiger partial charge in [-0.25, -0.2) is 14.8 Å². The maximum absolute atomic E-state index is 11.0. The smallest absolute Gasteiger partial charge is 0.335 e. The zero-order chi connectivity index (χ0) is 19.0. The number of nitrogens with one attached hydrogen (secondary N) is 1. The van der Waals surface area contributed by atoms with Crippen molar-refractivity contribution in [2.45, 2.75) is 13.8 Å². The normalized spacial score (nSPS) is 10.9. The van der Waals surface area contributed by atoms with Gasteiger partial charge in [-0.2, -0.15) is 0 Å². The SMILES string of the molecule is Cc1ccc(-c2csc3nc(C)nc(Nc4ccc(C(=O)O)cc4)c23)cc1. The van der Waals surface area contributed by atoms with Crippen molar-refractivity contribution in [3.63, 3.8) is 0 Å². The molecular weight excluding hydrogens is 358 g/mol. The lowest BCUT2D eigenvalue weighted by molar-refractivity contribution is 0.0697. The molecule has 0 spiro atoms. The van der Waals surface area contributed by atoms with Gasteiger partial charge in [0, 0.05) is 16.6 Å². The fourth-order valence-electron chi connectivity index (χ4n) is 2.92. The van der Waals surface area contributed by atoms with E-state index >= 15 is 0 Å². The van der Waals surface area contributed by atoms with Crippen molar-refractivity contribution in [2.75, 3.05) is 5.32 Å². The average Bonchev–Trinajstić information content (AvgIpc) is 3.06. The molecule has 4 aromatic rings. The number of nitrogens with zero attached hydrogens (tertiary/aromatic N) is 2. The molecule has 6 heteroatoms. The second-order valence-corrected chi connectivity index (χ2v) is 7.18. The third-order valence-electron chi connectivity index (χ3n) is 4.30. The standard InChI is InChI=1S/C21H17N3O2S/c1-12-3-5-14(6-4-12)17-11-27-20-18(17)19(22-13(2)23-20)24-16-9-7-15(8-10-16)21(25)26/h3-11H,1-2H3,(H,25,26)(H,22,23,24). The fourth-order valence-corrected chi connectivity index (χ4v) is 3.91. The zero-order valence-corrected chi connectivity index (χ0v) is 15.7. The van der Waals surface area contributed by atoms with Crippen molar-refractivity contribution in [2.24, 2.45) is 0 Å². The van der Waals surface area contributed by atoms with Gasteiger partial charge in [0.2, 0.25) is 0 Å². The number of thiophene rings is 1. The molecule has 2 N–H and O–H groups in total. The highest BCUT2D eigenvalue weighted by atomic mass is 32.1. The van der Waals surface area contributed by atoms with Crippen molar-refractivity contribution >= 4 is 39.0 Å². The first-order chi connectivity index (χ1) is 13.0. The van der Waals surface area contributed by atoms with E-state index in [2.05, 4.69) is 51.9 Å². The number of carbonyl (C=O) groups is 1. The van der Waals surface area contributed by atoms with Crippen LogP contribution in [-0.4, -0.2) is 21.0 Å². The zero-order valence-electron chi connectivity index (χ0n) is 14.9. The van der Waals surface area contributed by atoms with Gasteiger partial charge in [0.1, 0.15) is 16.5 Å². The summed E-state index contributed by atoms with van der Waals surface area (Å²) in [6.07, 6.45) is 0. The Kier molecular flexibility index (Phi) is 4.33. The molecule has 0 fully saturated rings. The van der Waals surface area contributed by atoms with E-state index in [9.17, 15) is 4.79 Å². The summed E-state index contributed by atoms with van der Waals surface area (Å²) in [5.74, 6) is 0.461. The van der Waals surface area contributed by atoms with Crippen LogP contribution >= 0.6 is 11.3 Å². The molecule has 0 bridgehead atoms. The number of aryl methyl sites for hydroxylation is 2. The summed E-state index contributed by atoms with van der Waals surface area (Å²) in [5, 5.41) is 15.5. The summed E-state index contributed by atoms with van der Waals surface area (Å²) in [7, 11) is 0. The van der Waals surface area contributed by atoms with Gasteiger partial charge in [0.05, 0.1) is 10.9 Å². The number of anilines is 2. The molecule has 27 heavy (non-hydrogen) atoms. The molecule has 0 aliphatic carbocycles. The Balaban J connectivity index is 1.80. The van der Waals surface area contributed by atoms with Crippen LogP contribution in [0.2, 0.25) is 0 Å². The van der Waals surface area contributed by atoms with E-state index in [0.717, 1.165) is 32.8 Å². The highest BCUT2D eigenvalue weighted by Crippen LogP contribution is 2.38. The minimum Gasteiger partial charge on any atom is -0.478 e.